The number of anilines is 1. The van der Waals surface area contributed by atoms with Crippen LogP contribution in [-0.4, -0.2) is 23.1 Å². The topological polar surface area (TPSA) is 92.3 Å². The molecule has 2 aromatic carbocycles. The van der Waals surface area contributed by atoms with Crippen molar-refractivity contribution in [2.24, 2.45) is 0 Å². The molecule has 0 saturated carbocycles. The van der Waals surface area contributed by atoms with Crippen LogP contribution in [0.15, 0.2) is 42.6 Å². The zero-order chi connectivity index (χ0) is 20.5. The van der Waals surface area contributed by atoms with Crippen LogP contribution in [0.4, 0.5) is 20.2 Å². The number of fused-ring (bicyclic) bond motifs is 2. The monoisotopic (exact) mass is 396 g/mol. The lowest BCUT2D eigenvalue weighted by Gasteiger charge is -2.32. The third-order valence-corrected chi connectivity index (χ3v) is 4.89. The minimum atomic E-state index is -2.97. The molecule has 0 bridgehead atoms. The summed E-state index contributed by atoms with van der Waals surface area (Å²) in [6.07, 6.45) is 2.07. The van der Waals surface area contributed by atoms with Crippen LogP contribution in [0.2, 0.25) is 0 Å². The Balaban J connectivity index is 1.81. The molecule has 146 valence electrons. The summed E-state index contributed by atoms with van der Waals surface area (Å²) >= 11 is 0. The van der Waals surface area contributed by atoms with E-state index in [1.807, 2.05) is 4.90 Å². The number of rotatable bonds is 4. The maximum Gasteiger partial charge on any atom is 0.387 e. The summed E-state index contributed by atoms with van der Waals surface area (Å²) in [7, 11) is 0. The number of hydrogen-bond acceptors (Lipinski definition) is 6. The molecule has 0 N–H and O–H groups in total. The van der Waals surface area contributed by atoms with Gasteiger partial charge in [-0.25, -0.2) is 0 Å². The van der Waals surface area contributed by atoms with Gasteiger partial charge >= 0.3 is 6.61 Å². The fourth-order valence-corrected chi connectivity index (χ4v) is 3.60. The highest BCUT2D eigenvalue weighted by atomic mass is 19.3. The Bertz CT molecular complexity index is 1160. The lowest BCUT2D eigenvalue weighted by molar-refractivity contribution is -0.384. The third-order valence-electron chi connectivity index (χ3n) is 4.89. The molecule has 29 heavy (non-hydrogen) atoms. The number of benzene rings is 2. The first-order valence-electron chi connectivity index (χ1n) is 8.75. The summed E-state index contributed by atoms with van der Waals surface area (Å²) < 4.78 is 29.8. The fourth-order valence-electron chi connectivity index (χ4n) is 3.60. The number of ether oxygens (including phenoxy) is 1. The number of nitro groups is 1. The van der Waals surface area contributed by atoms with Gasteiger partial charge in [-0.05, 0) is 35.7 Å². The first-order chi connectivity index (χ1) is 14.0. The first-order valence-corrected chi connectivity index (χ1v) is 8.75. The number of nitriles is 1. The summed E-state index contributed by atoms with van der Waals surface area (Å²) in [5, 5.41) is 21.2. The number of alkyl halides is 2. The van der Waals surface area contributed by atoms with Gasteiger partial charge in [-0.15, -0.1) is 0 Å². The average Bonchev–Trinajstić information content (AvgIpc) is 2.71. The van der Waals surface area contributed by atoms with Crippen molar-refractivity contribution in [2.75, 3.05) is 11.4 Å². The molecule has 0 unspecified atom stereocenters. The van der Waals surface area contributed by atoms with E-state index in [1.165, 1.54) is 30.5 Å². The van der Waals surface area contributed by atoms with Crippen LogP contribution in [0.1, 0.15) is 16.7 Å². The van der Waals surface area contributed by atoms with E-state index in [1.54, 1.807) is 12.1 Å². The number of nitro benzene ring substituents is 1. The van der Waals surface area contributed by atoms with E-state index in [4.69, 9.17) is 0 Å². The van der Waals surface area contributed by atoms with Gasteiger partial charge in [0.15, 0.2) is 0 Å². The molecule has 0 aliphatic carbocycles. The minimum absolute atomic E-state index is 0.00156. The van der Waals surface area contributed by atoms with E-state index >= 15 is 0 Å². The minimum Gasteiger partial charge on any atom is -0.435 e. The van der Waals surface area contributed by atoms with Gasteiger partial charge in [0.1, 0.15) is 11.8 Å². The van der Waals surface area contributed by atoms with Gasteiger partial charge < -0.3 is 9.64 Å². The molecule has 0 spiro atoms. The lowest BCUT2D eigenvalue weighted by atomic mass is 9.97. The number of aromatic nitrogens is 1. The van der Waals surface area contributed by atoms with Gasteiger partial charge in [0.05, 0.1) is 21.7 Å². The van der Waals surface area contributed by atoms with E-state index in [-0.39, 0.29) is 11.4 Å². The van der Waals surface area contributed by atoms with Crippen molar-refractivity contribution in [3.8, 4) is 11.8 Å². The molecule has 0 amide bonds. The van der Waals surface area contributed by atoms with Crippen molar-refractivity contribution < 1.29 is 18.4 Å². The van der Waals surface area contributed by atoms with Crippen molar-refractivity contribution >= 4 is 22.3 Å². The van der Waals surface area contributed by atoms with Crippen LogP contribution in [0, 0.1) is 21.4 Å². The fraction of sp³-hybridized carbons (Fsp3) is 0.200. The molecule has 2 heterocycles. The van der Waals surface area contributed by atoms with Crippen molar-refractivity contribution in [2.45, 2.75) is 19.6 Å². The summed E-state index contributed by atoms with van der Waals surface area (Å²) in [6, 6.07) is 11.2. The van der Waals surface area contributed by atoms with Gasteiger partial charge in [0, 0.05) is 36.8 Å². The van der Waals surface area contributed by atoms with E-state index in [0.29, 0.717) is 41.7 Å². The van der Waals surface area contributed by atoms with Crippen LogP contribution >= 0.6 is 0 Å². The number of pyridine rings is 1. The van der Waals surface area contributed by atoms with Crippen molar-refractivity contribution in [1.82, 2.24) is 4.98 Å². The predicted molar refractivity (Wildman–Crippen MR) is 101 cm³/mol. The van der Waals surface area contributed by atoms with E-state index < -0.39 is 11.5 Å². The van der Waals surface area contributed by atoms with E-state index in [2.05, 4.69) is 15.8 Å². The molecule has 1 aromatic heterocycles. The second kappa shape index (κ2) is 7.31. The molecular weight excluding hydrogens is 382 g/mol. The molecule has 0 atom stereocenters. The van der Waals surface area contributed by atoms with E-state index in [9.17, 15) is 24.2 Å². The van der Waals surface area contributed by atoms with Crippen molar-refractivity contribution in [3.05, 3.63) is 69.4 Å². The first kappa shape index (κ1) is 18.6. The Morgan fingerprint density at radius 3 is 2.79 bits per heavy atom. The second-order valence-electron chi connectivity index (χ2n) is 6.57. The largest absolute Gasteiger partial charge is 0.435 e. The van der Waals surface area contributed by atoms with Gasteiger partial charge in [0.2, 0.25) is 0 Å². The molecule has 0 fully saturated rings. The summed E-state index contributed by atoms with van der Waals surface area (Å²) in [6.45, 7) is -2.05. The van der Waals surface area contributed by atoms with Gasteiger partial charge in [-0.1, -0.05) is 6.07 Å². The second-order valence-corrected chi connectivity index (χ2v) is 6.57. The number of halogens is 2. The Morgan fingerprint density at radius 1 is 1.24 bits per heavy atom. The highest BCUT2D eigenvalue weighted by molar-refractivity contribution is 5.95. The van der Waals surface area contributed by atoms with Crippen LogP contribution in [0.3, 0.4) is 0 Å². The standard InChI is InChI=1S/C20H14F2N4O3/c21-20(22)29-16-3-4-18-17(8-16)19(14(9-23)10-24-18)25-6-5-12-1-2-15(26(27)28)7-13(12)11-25/h1-4,7-8,10,20H,5-6,11H2. The highest BCUT2D eigenvalue weighted by Gasteiger charge is 2.23. The zero-order valence-electron chi connectivity index (χ0n) is 15.0. The summed E-state index contributed by atoms with van der Waals surface area (Å²) in [5.41, 5.74) is 3.17. The van der Waals surface area contributed by atoms with Crippen molar-refractivity contribution in [3.63, 3.8) is 0 Å². The predicted octanol–water partition coefficient (Wildman–Crippen LogP) is 4.18. The Hall–Kier alpha value is -3.80. The Morgan fingerprint density at radius 2 is 2.07 bits per heavy atom. The number of hydrogen-bond donors (Lipinski definition) is 0. The molecule has 4 rings (SSSR count). The molecule has 7 nitrogen and oxygen atoms in total. The molecular formula is C20H14F2N4O3. The summed E-state index contributed by atoms with van der Waals surface area (Å²) in [4.78, 5) is 16.8. The maximum atomic E-state index is 12.6. The van der Waals surface area contributed by atoms with Crippen LogP contribution in [0.5, 0.6) is 5.75 Å². The van der Waals surface area contributed by atoms with Gasteiger partial charge in [-0.2, -0.15) is 14.0 Å². The quantitative estimate of drug-likeness (QED) is 0.485. The molecule has 1 aliphatic heterocycles. The van der Waals surface area contributed by atoms with Gasteiger partial charge in [-0.3, -0.25) is 15.1 Å². The van der Waals surface area contributed by atoms with Crippen LogP contribution < -0.4 is 9.64 Å². The van der Waals surface area contributed by atoms with Crippen LogP contribution in [0.25, 0.3) is 10.9 Å². The molecule has 9 heteroatoms. The smallest absolute Gasteiger partial charge is 0.387 e. The third kappa shape index (κ3) is 3.52. The zero-order valence-corrected chi connectivity index (χ0v) is 15.0. The van der Waals surface area contributed by atoms with Gasteiger partial charge in [0.25, 0.3) is 5.69 Å². The number of non-ortho nitro benzene ring substituents is 1. The molecule has 1 aliphatic rings. The molecule has 0 saturated heterocycles. The Kier molecular flexibility index (Phi) is 4.68. The van der Waals surface area contributed by atoms with E-state index in [0.717, 1.165) is 11.1 Å². The SMILES string of the molecule is N#Cc1cnc2ccc(OC(F)F)cc2c1N1CCc2ccc([N+](=O)[O-])cc2C1. The summed E-state index contributed by atoms with van der Waals surface area (Å²) in [5.74, 6) is -0.0290. The maximum absolute atomic E-state index is 12.6. The average molecular weight is 396 g/mol. The molecule has 3 aromatic rings. The highest BCUT2D eigenvalue weighted by Crippen LogP contribution is 2.35. The normalized spacial score (nSPS) is 13.2. The lowest BCUT2D eigenvalue weighted by Crippen LogP contribution is -2.31. The number of nitrogens with zero attached hydrogens (tertiary/aromatic N) is 4. The van der Waals surface area contributed by atoms with Crippen LogP contribution in [-0.2, 0) is 13.0 Å². The van der Waals surface area contributed by atoms with Crippen molar-refractivity contribution in [1.29, 1.82) is 5.26 Å². The Labute approximate surface area is 163 Å². The molecule has 0 radical (unpaired) electrons.